The number of carbonyl (C=O) groups excluding carboxylic acids is 1. The van der Waals surface area contributed by atoms with E-state index in [-0.39, 0.29) is 39.0 Å². The van der Waals surface area contributed by atoms with Crippen LogP contribution in [0.2, 0.25) is 0 Å². The lowest BCUT2D eigenvalue weighted by molar-refractivity contribution is -0.140. The number of carboxylic acids is 1. The van der Waals surface area contributed by atoms with Gasteiger partial charge in [-0.1, -0.05) is 30.3 Å². The number of benzene rings is 2. The number of rotatable bonds is 17. The molecule has 262 valence electrons. The topological polar surface area (TPSA) is 175 Å². The van der Waals surface area contributed by atoms with Crippen molar-refractivity contribution in [1.82, 2.24) is 24.6 Å². The van der Waals surface area contributed by atoms with E-state index in [9.17, 15) is 39.6 Å². The van der Waals surface area contributed by atoms with Crippen molar-refractivity contribution in [2.75, 3.05) is 31.9 Å². The van der Waals surface area contributed by atoms with Crippen LogP contribution in [-0.2, 0) is 31.0 Å². The molecule has 0 saturated carbocycles. The maximum Gasteiger partial charge on any atom is 0.417 e. The first-order valence-electron chi connectivity index (χ1n) is 14.9. The van der Waals surface area contributed by atoms with Gasteiger partial charge in [-0.15, -0.1) is 0 Å². The van der Waals surface area contributed by atoms with Gasteiger partial charge in [-0.05, 0) is 73.2 Å². The zero-order valence-corrected chi connectivity index (χ0v) is 28.0. The summed E-state index contributed by atoms with van der Waals surface area (Å²) in [5.74, 6) is -1.65. The van der Waals surface area contributed by atoms with Gasteiger partial charge in [-0.3, -0.25) is 9.78 Å². The third kappa shape index (κ3) is 11.0. The number of alkyl halides is 3. The minimum absolute atomic E-state index is 0.0632. The molecule has 1 atom stereocenters. The maximum atomic E-state index is 13.9. The van der Waals surface area contributed by atoms with Crippen molar-refractivity contribution in [1.29, 1.82) is 0 Å². The van der Waals surface area contributed by atoms with Crippen LogP contribution in [0.4, 0.5) is 18.0 Å². The second-order valence-electron chi connectivity index (χ2n) is 10.8. The third-order valence-corrected chi connectivity index (χ3v) is 10.7. The van der Waals surface area contributed by atoms with Gasteiger partial charge in [0.25, 0.3) is 0 Å². The van der Waals surface area contributed by atoms with Gasteiger partial charge in [-0.2, -0.15) is 17.5 Å². The molecular formula is C31H38F3N5O7S2. The number of halogens is 3. The first-order valence-corrected chi connectivity index (χ1v) is 18.0. The molecule has 2 amide bonds. The van der Waals surface area contributed by atoms with Gasteiger partial charge in [0.1, 0.15) is 0 Å². The van der Waals surface area contributed by atoms with Crippen LogP contribution in [0.25, 0.3) is 11.1 Å². The summed E-state index contributed by atoms with van der Waals surface area (Å²) in [6, 6.07) is 11.4. The molecule has 1 heterocycles. The summed E-state index contributed by atoms with van der Waals surface area (Å²) >= 11 is 0. The number of pyridine rings is 1. The second-order valence-corrected chi connectivity index (χ2v) is 14.6. The number of aromatic nitrogens is 1. The predicted molar refractivity (Wildman–Crippen MR) is 173 cm³/mol. The summed E-state index contributed by atoms with van der Waals surface area (Å²) in [5, 5.41) is 13.5. The summed E-state index contributed by atoms with van der Waals surface area (Å²) in [5.41, 5.74) is 1.82. The molecular weight excluding hydrogens is 675 g/mol. The first kappa shape index (κ1) is 38.4. The molecule has 0 bridgehead atoms. The number of aliphatic carboxylic acids is 1. The van der Waals surface area contributed by atoms with Gasteiger partial charge in [0.15, 0.2) is 0 Å². The SMILES string of the molecule is Cc1cnccc1-c1cccc([C@H](C)N(CCCCNC(=O)NCCS(=O)(=O)NCCC(=O)O)S(=O)(=O)c2ccccc2C(F)(F)F)c1. The van der Waals surface area contributed by atoms with Crippen molar-refractivity contribution in [2.45, 2.75) is 50.2 Å². The minimum atomic E-state index is -4.91. The van der Waals surface area contributed by atoms with E-state index in [0.717, 1.165) is 39.2 Å². The molecule has 48 heavy (non-hydrogen) atoms. The van der Waals surface area contributed by atoms with E-state index in [1.54, 1.807) is 37.5 Å². The molecule has 0 radical (unpaired) electrons. The molecule has 0 unspecified atom stereocenters. The van der Waals surface area contributed by atoms with Crippen molar-refractivity contribution < 1.29 is 44.7 Å². The largest absolute Gasteiger partial charge is 0.481 e. The van der Waals surface area contributed by atoms with E-state index in [4.69, 9.17) is 5.11 Å². The van der Waals surface area contributed by atoms with Crippen molar-refractivity contribution >= 4 is 32.0 Å². The summed E-state index contributed by atoms with van der Waals surface area (Å²) in [7, 11) is -8.49. The number of carbonyl (C=O) groups is 2. The number of hydrogen-bond acceptors (Lipinski definition) is 7. The Bertz CT molecular complexity index is 1790. The number of carboxylic acid groups (broad SMARTS) is 1. The van der Waals surface area contributed by atoms with Gasteiger partial charge < -0.3 is 15.7 Å². The Morgan fingerprint density at radius 2 is 1.67 bits per heavy atom. The van der Waals surface area contributed by atoms with Crippen LogP contribution in [0.5, 0.6) is 0 Å². The van der Waals surface area contributed by atoms with Crippen LogP contribution in [-0.4, -0.2) is 75.2 Å². The summed E-state index contributed by atoms with van der Waals surface area (Å²) < 4.78 is 96.6. The molecule has 0 fully saturated rings. The Morgan fingerprint density at radius 3 is 2.35 bits per heavy atom. The van der Waals surface area contributed by atoms with E-state index >= 15 is 0 Å². The number of sulfonamides is 2. The molecule has 0 saturated heterocycles. The monoisotopic (exact) mass is 713 g/mol. The van der Waals surface area contributed by atoms with Crippen LogP contribution in [0.1, 0.15) is 48.9 Å². The quantitative estimate of drug-likeness (QED) is 0.150. The van der Waals surface area contributed by atoms with Crippen LogP contribution < -0.4 is 15.4 Å². The molecule has 0 spiro atoms. The van der Waals surface area contributed by atoms with Crippen LogP contribution >= 0.6 is 0 Å². The highest BCUT2D eigenvalue weighted by atomic mass is 32.2. The average molecular weight is 714 g/mol. The van der Waals surface area contributed by atoms with Crippen LogP contribution in [0.15, 0.2) is 71.9 Å². The molecule has 2 aromatic carbocycles. The van der Waals surface area contributed by atoms with Gasteiger partial charge >= 0.3 is 18.2 Å². The summed E-state index contributed by atoms with van der Waals surface area (Å²) in [6.07, 6.45) is -1.57. The third-order valence-electron chi connectivity index (χ3n) is 7.32. The van der Waals surface area contributed by atoms with Crippen molar-refractivity contribution in [3.63, 3.8) is 0 Å². The molecule has 4 N–H and O–H groups in total. The number of nitrogens with zero attached hydrogens (tertiary/aromatic N) is 2. The van der Waals surface area contributed by atoms with Gasteiger partial charge in [0, 0.05) is 44.6 Å². The molecule has 1 aromatic heterocycles. The zero-order chi connectivity index (χ0) is 35.5. The Balaban J connectivity index is 1.72. The molecule has 0 aliphatic heterocycles. The van der Waals surface area contributed by atoms with E-state index in [0.29, 0.717) is 5.56 Å². The van der Waals surface area contributed by atoms with E-state index in [2.05, 4.69) is 20.3 Å². The van der Waals surface area contributed by atoms with Crippen molar-refractivity contribution in [3.8, 4) is 11.1 Å². The number of unbranched alkanes of at least 4 members (excludes halogenated alkanes) is 1. The lowest BCUT2D eigenvalue weighted by Gasteiger charge is -2.30. The Morgan fingerprint density at radius 1 is 0.958 bits per heavy atom. The Kier molecular flexibility index (Phi) is 13.5. The molecule has 0 aliphatic carbocycles. The highest BCUT2D eigenvalue weighted by Crippen LogP contribution is 2.38. The summed E-state index contributed by atoms with van der Waals surface area (Å²) in [6.45, 7) is 2.83. The lowest BCUT2D eigenvalue weighted by Crippen LogP contribution is -2.40. The standard InChI is InChI=1S/C31H38F3N5O7S2/c1-22-21-35-15-12-26(22)25-9-7-8-24(20-25)23(2)39(48(45,46)28-11-4-3-10-27(28)31(32,33)34)18-6-5-14-36-30(42)37-17-19-47(43,44)38-16-13-29(40)41/h3-4,7-12,15,20-21,23,38H,5-6,13-14,16-19H2,1-2H3,(H,40,41)(H2,36,37,42)/t23-/m0/s1. The van der Waals surface area contributed by atoms with Crippen LogP contribution in [0.3, 0.4) is 0 Å². The van der Waals surface area contributed by atoms with Crippen LogP contribution in [0, 0.1) is 6.92 Å². The fourth-order valence-electron chi connectivity index (χ4n) is 4.85. The van der Waals surface area contributed by atoms with E-state index in [1.165, 1.54) is 6.07 Å². The van der Waals surface area contributed by atoms with Gasteiger partial charge in [0.2, 0.25) is 20.0 Å². The van der Waals surface area contributed by atoms with Crippen molar-refractivity contribution in [3.05, 3.63) is 83.7 Å². The average Bonchev–Trinajstić information content (AvgIpc) is 3.02. The second kappa shape index (κ2) is 16.9. The Hall–Kier alpha value is -4.06. The van der Waals surface area contributed by atoms with Gasteiger partial charge in [-0.25, -0.2) is 26.4 Å². The van der Waals surface area contributed by atoms with Gasteiger partial charge in [0.05, 0.1) is 22.6 Å². The molecule has 3 rings (SSSR count). The number of urea groups is 1. The van der Waals surface area contributed by atoms with E-state index in [1.807, 2.05) is 19.1 Å². The highest BCUT2D eigenvalue weighted by molar-refractivity contribution is 7.89. The van der Waals surface area contributed by atoms with Crippen molar-refractivity contribution in [2.24, 2.45) is 0 Å². The zero-order valence-electron chi connectivity index (χ0n) is 26.3. The molecule has 17 heteroatoms. The number of hydrogen-bond donors (Lipinski definition) is 4. The number of nitrogens with one attached hydrogen (secondary N) is 3. The molecule has 3 aromatic rings. The molecule has 0 aliphatic rings. The fourth-order valence-corrected chi connectivity index (χ4v) is 7.65. The fraction of sp³-hybridized carbons (Fsp3) is 0.387. The maximum absolute atomic E-state index is 13.9. The first-order chi connectivity index (χ1) is 22.5. The summed E-state index contributed by atoms with van der Waals surface area (Å²) in [4.78, 5) is 25.9. The number of aryl methyl sites for hydroxylation is 1. The smallest absolute Gasteiger partial charge is 0.417 e. The minimum Gasteiger partial charge on any atom is -0.481 e. The highest BCUT2D eigenvalue weighted by Gasteiger charge is 2.40. The molecule has 12 nitrogen and oxygen atoms in total. The lowest BCUT2D eigenvalue weighted by atomic mass is 9.98. The van der Waals surface area contributed by atoms with E-state index < -0.39 is 66.9 Å². The normalized spacial score (nSPS) is 12.9. The Labute approximate surface area is 277 Å². The number of amides is 2. The predicted octanol–water partition coefficient (Wildman–Crippen LogP) is 4.30.